The van der Waals surface area contributed by atoms with Crippen LogP contribution < -0.4 is 0 Å². The summed E-state index contributed by atoms with van der Waals surface area (Å²) in [5, 5.41) is 5.70. The van der Waals surface area contributed by atoms with Gasteiger partial charge in [-0.15, -0.1) is 0 Å². The highest BCUT2D eigenvalue weighted by Gasteiger charge is 2.47. The summed E-state index contributed by atoms with van der Waals surface area (Å²) in [7, 11) is 1.94. The molecule has 0 saturated heterocycles. The van der Waals surface area contributed by atoms with Crippen molar-refractivity contribution in [2.75, 3.05) is 6.61 Å². The van der Waals surface area contributed by atoms with Crippen LogP contribution in [0.2, 0.25) is 0 Å². The number of hydrogen-bond acceptors (Lipinski definition) is 3. The van der Waals surface area contributed by atoms with Crippen molar-refractivity contribution >= 4 is 16.9 Å². The third kappa shape index (κ3) is 1.68. The summed E-state index contributed by atoms with van der Waals surface area (Å²) in [6, 6.07) is 8.13. The van der Waals surface area contributed by atoms with Crippen LogP contribution >= 0.6 is 0 Å². The summed E-state index contributed by atoms with van der Waals surface area (Å²) in [5.41, 5.74) is 2.15. The van der Waals surface area contributed by atoms with Gasteiger partial charge >= 0.3 is 5.97 Å². The average molecular weight is 244 g/mol. The number of carbonyl (C=O) groups excluding carboxylic acids is 1. The first-order chi connectivity index (χ1) is 8.72. The molecule has 3 rings (SSSR count). The van der Waals surface area contributed by atoms with Crippen molar-refractivity contribution in [3.63, 3.8) is 0 Å². The van der Waals surface area contributed by atoms with Crippen molar-refractivity contribution in [2.45, 2.75) is 19.3 Å². The van der Waals surface area contributed by atoms with E-state index in [2.05, 4.69) is 11.2 Å². The minimum atomic E-state index is -0.0859. The molecule has 0 radical (unpaired) electrons. The third-order valence-corrected chi connectivity index (χ3v) is 3.52. The largest absolute Gasteiger partial charge is 0.466 e. The Morgan fingerprint density at radius 3 is 3.06 bits per heavy atom. The van der Waals surface area contributed by atoms with Crippen molar-refractivity contribution in [1.29, 1.82) is 0 Å². The maximum Gasteiger partial charge on any atom is 0.309 e. The van der Waals surface area contributed by atoms with Gasteiger partial charge in [0.05, 0.1) is 23.7 Å². The number of aryl methyl sites for hydroxylation is 1. The molecular formula is C14H16N2O2. The number of fused-ring (bicyclic) bond motifs is 1. The van der Waals surface area contributed by atoms with Crippen molar-refractivity contribution < 1.29 is 9.53 Å². The molecule has 1 aliphatic carbocycles. The van der Waals surface area contributed by atoms with Crippen LogP contribution in [0.4, 0.5) is 0 Å². The van der Waals surface area contributed by atoms with Crippen molar-refractivity contribution in [3.05, 3.63) is 30.0 Å². The van der Waals surface area contributed by atoms with Gasteiger partial charge in [-0.05, 0) is 19.4 Å². The van der Waals surface area contributed by atoms with E-state index >= 15 is 0 Å². The highest BCUT2D eigenvalue weighted by atomic mass is 16.5. The van der Waals surface area contributed by atoms with E-state index < -0.39 is 0 Å². The number of esters is 1. The summed E-state index contributed by atoms with van der Waals surface area (Å²) in [4.78, 5) is 11.7. The molecule has 0 amide bonds. The Kier molecular flexibility index (Phi) is 2.58. The van der Waals surface area contributed by atoms with Crippen molar-refractivity contribution in [2.24, 2.45) is 13.0 Å². The van der Waals surface area contributed by atoms with E-state index in [9.17, 15) is 4.79 Å². The third-order valence-electron chi connectivity index (χ3n) is 3.52. The summed E-state index contributed by atoms with van der Waals surface area (Å²) in [6.07, 6.45) is 0.861. The van der Waals surface area contributed by atoms with Gasteiger partial charge in [-0.1, -0.05) is 18.2 Å². The molecule has 1 aliphatic rings. The zero-order valence-corrected chi connectivity index (χ0v) is 10.6. The fraction of sp³-hybridized carbons (Fsp3) is 0.429. The van der Waals surface area contributed by atoms with Gasteiger partial charge < -0.3 is 4.74 Å². The molecule has 1 fully saturated rings. The Bertz CT molecular complexity index is 603. The monoisotopic (exact) mass is 244 g/mol. The first-order valence-electron chi connectivity index (χ1n) is 6.30. The molecule has 0 spiro atoms. The molecular weight excluding hydrogens is 228 g/mol. The topological polar surface area (TPSA) is 44.1 Å². The highest BCUT2D eigenvalue weighted by molar-refractivity contribution is 5.85. The molecule has 0 N–H and O–H groups in total. The second kappa shape index (κ2) is 4.12. The van der Waals surface area contributed by atoms with Gasteiger partial charge in [0.15, 0.2) is 0 Å². The number of aromatic nitrogens is 2. The molecule has 1 aromatic carbocycles. The van der Waals surface area contributed by atoms with Crippen LogP contribution in [0.25, 0.3) is 10.9 Å². The number of hydrogen-bond donors (Lipinski definition) is 0. The van der Waals surface area contributed by atoms with Crippen LogP contribution in [0.3, 0.4) is 0 Å². The van der Waals surface area contributed by atoms with Gasteiger partial charge in [-0.2, -0.15) is 5.10 Å². The van der Waals surface area contributed by atoms with Gasteiger partial charge in [0.25, 0.3) is 0 Å². The zero-order valence-electron chi connectivity index (χ0n) is 10.6. The van der Waals surface area contributed by atoms with Gasteiger partial charge in [-0.3, -0.25) is 9.48 Å². The average Bonchev–Trinajstić information content (AvgIpc) is 3.10. The molecule has 4 heteroatoms. The lowest BCUT2D eigenvalue weighted by atomic mass is 10.1. The van der Waals surface area contributed by atoms with Gasteiger partial charge in [-0.25, -0.2) is 0 Å². The second-order valence-corrected chi connectivity index (χ2v) is 4.73. The van der Waals surface area contributed by atoms with E-state index in [-0.39, 0.29) is 17.8 Å². The van der Waals surface area contributed by atoms with E-state index in [0.29, 0.717) is 6.61 Å². The fourth-order valence-corrected chi connectivity index (χ4v) is 2.52. The summed E-state index contributed by atoms with van der Waals surface area (Å²) in [6.45, 7) is 2.29. The Labute approximate surface area is 106 Å². The molecule has 18 heavy (non-hydrogen) atoms. The lowest BCUT2D eigenvalue weighted by Crippen LogP contribution is -2.07. The predicted octanol–water partition coefficient (Wildman–Crippen LogP) is 2.24. The Morgan fingerprint density at radius 1 is 1.50 bits per heavy atom. The quantitative estimate of drug-likeness (QED) is 0.778. The fourth-order valence-electron chi connectivity index (χ4n) is 2.52. The molecule has 0 aliphatic heterocycles. The molecule has 0 bridgehead atoms. The maximum absolute atomic E-state index is 11.7. The number of carbonyl (C=O) groups is 1. The van der Waals surface area contributed by atoms with Gasteiger partial charge in [0.2, 0.25) is 0 Å². The predicted molar refractivity (Wildman–Crippen MR) is 68.2 cm³/mol. The summed E-state index contributed by atoms with van der Waals surface area (Å²) in [5.74, 6) is 0.149. The standard InChI is InChI=1S/C14H16N2O2/c1-3-18-14(17)11-8-10(11)13-9-6-4-5-7-12(9)16(2)15-13/h4-7,10-11H,3,8H2,1-2H3. The number of para-hydroxylation sites is 1. The smallest absolute Gasteiger partial charge is 0.309 e. The lowest BCUT2D eigenvalue weighted by Gasteiger charge is -1.99. The maximum atomic E-state index is 11.7. The SMILES string of the molecule is CCOC(=O)C1CC1c1nn(C)c2ccccc12. The number of rotatable bonds is 3. The Hall–Kier alpha value is -1.84. The van der Waals surface area contributed by atoms with Crippen molar-refractivity contribution in [1.82, 2.24) is 9.78 Å². The number of benzene rings is 1. The first-order valence-corrected chi connectivity index (χ1v) is 6.30. The van der Waals surface area contributed by atoms with Gasteiger partial charge in [0, 0.05) is 18.4 Å². The molecule has 1 heterocycles. The molecule has 2 aromatic rings. The van der Waals surface area contributed by atoms with E-state index in [1.54, 1.807) is 0 Å². The molecule has 1 saturated carbocycles. The van der Waals surface area contributed by atoms with E-state index in [1.165, 1.54) is 0 Å². The van der Waals surface area contributed by atoms with Gasteiger partial charge in [0.1, 0.15) is 0 Å². The van der Waals surface area contributed by atoms with E-state index in [1.807, 2.05) is 36.9 Å². The minimum absolute atomic E-state index is 0.00301. The first kappa shape index (κ1) is 11.3. The van der Waals surface area contributed by atoms with Crippen LogP contribution in [0.5, 0.6) is 0 Å². The van der Waals surface area contributed by atoms with Crippen molar-refractivity contribution in [3.8, 4) is 0 Å². The highest BCUT2D eigenvalue weighted by Crippen LogP contribution is 2.49. The van der Waals surface area contributed by atoms with E-state index in [4.69, 9.17) is 4.74 Å². The number of nitrogens with zero attached hydrogens (tertiary/aromatic N) is 2. The molecule has 1 aromatic heterocycles. The molecule has 2 atom stereocenters. The van der Waals surface area contributed by atoms with Crippen LogP contribution in [-0.4, -0.2) is 22.4 Å². The summed E-state index contributed by atoms with van der Waals surface area (Å²) >= 11 is 0. The number of ether oxygens (including phenoxy) is 1. The zero-order chi connectivity index (χ0) is 12.7. The minimum Gasteiger partial charge on any atom is -0.466 e. The molecule has 4 nitrogen and oxygen atoms in total. The molecule has 2 unspecified atom stereocenters. The van der Waals surface area contributed by atoms with Crippen LogP contribution in [0, 0.1) is 5.92 Å². The summed E-state index contributed by atoms with van der Waals surface area (Å²) < 4.78 is 6.94. The Balaban J connectivity index is 1.91. The Morgan fingerprint density at radius 2 is 2.28 bits per heavy atom. The lowest BCUT2D eigenvalue weighted by molar-refractivity contribution is -0.144. The van der Waals surface area contributed by atoms with Crippen LogP contribution in [0.15, 0.2) is 24.3 Å². The van der Waals surface area contributed by atoms with E-state index in [0.717, 1.165) is 23.0 Å². The van der Waals surface area contributed by atoms with Crippen LogP contribution in [-0.2, 0) is 16.6 Å². The van der Waals surface area contributed by atoms with Crippen LogP contribution in [0.1, 0.15) is 25.0 Å². The molecule has 94 valence electrons. The second-order valence-electron chi connectivity index (χ2n) is 4.73. The normalized spacial score (nSPS) is 22.1.